The lowest BCUT2D eigenvalue weighted by molar-refractivity contribution is 0.173. The highest BCUT2D eigenvalue weighted by Gasteiger charge is 2.24. The van der Waals surface area contributed by atoms with E-state index >= 15 is 0 Å². The maximum atomic E-state index is 5.20. The van der Waals surface area contributed by atoms with E-state index in [9.17, 15) is 0 Å². The average molecular weight is 316 g/mol. The van der Waals surface area contributed by atoms with Gasteiger partial charge in [-0.1, -0.05) is 0 Å². The minimum absolute atomic E-state index is 0.295. The SMILES string of the molecule is CNc1nc(N[C@H]2CN[C@@H](COC)C2)nc2nc(C)cc(C)c12. The zero-order valence-electron chi connectivity index (χ0n) is 14.1. The Morgan fingerprint density at radius 1 is 1.30 bits per heavy atom. The van der Waals surface area contributed by atoms with Gasteiger partial charge in [-0.15, -0.1) is 0 Å². The molecule has 0 aliphatic carbocycles. The minimum Gasteiger partial charge on any atom is -0.383 e. The van der Waals surface area contributed by atoms with Crippen molar-refractivity contribution in [2.45, 2.75) is 32.4 Å². The molecule has 1 saturated heterocycles. The van der Waals surface area contributed by atoms with E-state index in [1.807, 2.05) is 14.0 Å². The van der Waals surface area contributed by atoms with Crippen molar-refractivity contribution >= 4 is 22.8 Å². The predicted octanol–water partition coefficient (Wildman–Crippen LogP) is 1.47. The molecule has 0 unspecified atom stereocenters. The predicted molar refractivity (Wildman–Crippen MR) is 92.0 cm³/mol. The van der Waals surface area contributed by atoms with Crippen LogP contribution in [0.15, 0.2) is 6.07 Å². The maximum absolute atomic E-state index is 5.20. The summed E-state index contributed by atoms with van der Waals surface area (Å²) in [6.45, 7) is 5.64. The van der Waals surface area contributed by atoms with Crippen molar-refractivity contribution in [3.05, 3.63) is 17.3 Å². The van der Waals surface area contributed by atoms with Crippen LogP contribution in [0.3, 0.4) is 0 Å². The summed E-state index contributed by atoms with van der Waals surface area (Å²) in [4.78, 5) is 13.8. The lowest BCUT2D eigenvalue weighted by Gasteiger charge is -2.15. The van der Waals surface area contributed by atoms with Gasteiger partial charge < -0.3 is 20.7 Å². The Morgan fingerprint density at radius 2 is 2.13 bits per heavy atom. The number of nitrogens with zero attached hydrogens (tertiary/aromatic N) is 3. The third-order valence-corrected chi connectivity index (χ3v) is 4.15. The zero-order valence-corrected chi connectivity index (χ0v) is 14.1. The molecule has 7 nitrogen and oxygen atoms in total. The molecule has 0 amide bonds. The lowest BCUT2D eigenvalue weighted by atomic mass is 10.1. The Kier molecular flexibility index (Phi) is 4.58. The van der Waals surface area contributed by atoms with Crippen molar-refractivity contribution in [2.75, 3.05) is 37.9 Å². The molecule has 23 heavy (non-hydrogen) atoms. The highest BCUT2D eigenvalue weighted by Crippen LogP contribution is 2.25. The molecule has 2 aromatic rings. The molecule has 1 aliphatic heterocycles. The molecule has 3 heterocycles. The van der Waals surface area contributed by atoms with Gasteiger partial charge in [-0.2, -0.15) is 9.97 Å². The topological polar surface area (TPSA) is 84.0 Å². The van der Waals surface area contributed by atoms with E-state index in [4.69, 9.17) is 4.74 Å². The first kappa shape index (κ1) is 15.9. The first-order chi connectivity index (χ1) is 11.1. The van der Waals surface area contributed by atoms with Crippen LogP contribution in [-0.4, -0.2) is 54.3 Å². The van der Waals surface area contributed by atoms with Gasteiger partial charge in [0.25, 0.3) is 0 Å². The highest BCUT2D eigenvalue weighted by atomic mass is 16.5. The number of anilines is 2. The second-order valence-electron chi connectivity index (χ2n) is 6.06. The van der Waals surface area contributed by atoms with Crippen LogP contribution in [-0.2, 0) is 4.74 Å². The van der Waals surface area contributed by atoms with Gasteiger partial charge in [0, 0.05) is 38.5 Å². The molecular formula is C16H24N6O. The van der Waals surface area contributed by atoms with Crippen molar-refractivity contribution in [1.29, 1.82) is 0 Å². The van der Waals surface area contributed by atoms with E-state index in [0.717, 1.165) is 47.7 Å². The molecule has 0 spiro atoms. The summed E-state index contributed by atoms with van der Waals surface area (Å²) < 4.78 is 5.20. The minimum atomic E-state index is 0.295. The van der Waals surface area contributed by atoms with E-state index in [-0.39, 0.29) is 0 Å². The number of pyridine rings is 1. The summed E-state index contributed by atoms with van der Waals surface area (Å²) in [5, 5.41) is 11.0. The second kappa shape index (κ2) is 6.64. The number of hydrogen-bond donors (Lipinski definition) is 3. The normalized spacial score (nSPS) is 20.9. The fraction of sp³-hybridized carbons (Fsp3) is 0.562. The number of methoxy groups -OCH3 is 1. The molecule has 3 rings (SSSR count). The molecular weight excluding hydrogens is 292 g/mol. The van der Waals surface area contributed by atoms with Gasteiger partial charge in [-0.05, 0) is 31.9 Å². The molecule has 0 radical (unpaired) electrons. The number of aryl methyl sites for hydroxylation is 2. The third kappa shape index (κ3) is 3.35. The second-order valence-corrected chi connectivity index (χ2v) is 6.06. The molecule has 3 N–H and O–H groups in total. The maximum Gasteiger partial charge on any atom is 0.226 e. The average Bonchev–Trinajstić information content (AvgIpc) is 2.93. The van der Waals surface area contributed by atoms with Gasteiger partial charge in [0.1, 0.15) is 5.82 Å². The fourth-order valence-electron chi connectivity index (χ4n) is 3.16. The number of nitrogens with one attached hydrogen (secondary N) is 3. The molecule has 0 bridgehead atoms. The van der Waals surface area contributed by atoms with E-state index in [1.54, 1.807) is 7.11 Å². The van der Waals surface area contributed by atoms with E-state index in [0.29, 0.717) is 18.0 Å². The van der Waals surface area contributed by atoms with Crippen LogP contribution in [0.2, 0.25) is 0 Å². The van der Waals surface area contributed by atoms with Crippen LogP contribution in [0.25, 0.3) is 11.0 Å². The third-order valence-electron chi connectivity index (χ3n) is 4.15. The number of hydrogen-bond acceptors (Lipinski definition) is 7. The first-order valence-corrected chi connectivity index (χ1v) is 7.93. The molecule has 2 aromatic heterocycles. The lowest BCUT2D eigenvalue weighted by Crippen LogP contribution is -2.26. The van der Waals surface area contributed by atoms with Crippen LogP contribution in [0.5, 0.6) is 0 Å². The van der Waals surface area contributed by atoms with Gasteiger partial charge in [0.15, 0.2) is 5.65 Å². The summed E-state index contributed by atoms with van der Waals surface area (Å²) >= 11 is 0. The summed E-state index contributed by atoms with van der Waals surface area (Å²) in [7, 11) is 3.60. The largest absolute Gasteiger partial charge is 0.383 e. The molecule has 1 aliphatic rings. The molecule has 2 atom stereocenters. The fourth-order valence-corrected chi connectivity index (χ4v) is 3.16. The van der Waals surface area contributed by atoms with Crippen LogP contribution in [0.4, 0.5) is 11.8 Å². The Labute approximate surface area is 136 Å². The highest BCUT2D eigenvalue weighted by molar-refractivity contribution is 5.90. The number of ether oxygens (including phenoxy) is 1. The van der Waals surface area contributed by atoms with E-state index in [2.05, 4.69) is 43.9 Å². The van der Waals surface area contributed by atoms with Crippen molar-refractivity contribution in [3.8, 4) is 0 Å². The number of rotatable bonds is 5. The van der Waals surface area contributed by atoms with Gasteiger partial charge >= 0.3 is 0 Å². The molecule has 0 saturated carbocycles. The van der Waals surface area contributed by atoms with Crippen molar-refractivity contribution in [2.24, 2.45) is 0 Å². The zero-order chi connectivity index (χ0) is 16.4. The molecule has 0 aromatic carbocycles. The molecule has 124 valence electrons. The van der Waals surface area contributed by atoms with Crippen LogP contribution < -0.4 is 16.0 Å². The summed E-state index contributed by atoms with van der Waals surface area (Å²) in [5.74, 6) is 1.42. The van der Waals surface area contributed by atoms with Crippen LogP contribution >= 0.6 is 0 Å². The van der Waals surface area contributed by atoms with Gasteiger partial charge in [0.2, 0.25) is 5.95 Å². The van der Waals surface area contributed by atoms with Crippen molar-refractivity contribution in [3.63, 3.8) is 0 Å². The molecule has 1 fully saturated rings. The first-order valence-electron chi connectivity index (χ1n) is 7.93. The van der Waals surface area contributed by atoms with Crippen molar-refractivity contribution < 1.29 is 4.74 Å². The molecule has 7 heteroatoms. The summed E-state index contributed by atoms with van der Waals surface area (Å²) in [6.07, 6.45) is 0.990. The van der Waals surface area contributed by atoms with E-state index < -0.39 is 0 Å². The Balaban J connectivity index is 1.87. The summed E-state index contributed by atoms with van der Waals surface area (Å²) in [5.41, 5.74) is 2.82. The quantitative estimate of drug-likeness (QED) is 0.770. The number of aromatic nitrogens is 3. The van der Waals surface area contributed by atoms with Crippen molar-refractivity contribution in [1.82, 2.24) is 20.3 Å². The van der Waals surface area contributed by atoms with Crippen LogP contribution in [0, 0.1) is 13.8 Å². The van der Waals surface area contributed by atoms with E-state index in [1.165, 1.54) is 0 Å². The Bertz CT molecular complexity index is 705. The monoisotopic (exact) mass is 316 g/mol. The van der Waals surface area contributed by atoms with Gasteiger partial charge in [-0.3, -0.25) is 0 Å². The standard InChI is InChI=1S/C16H24N6O/c1-9-5-10(2)19-15-13(9)14(17-3)21-16(22-15)20-11-6-12(8-23-4)18-7-11/h5,11-12,18H,6-8H2,1-4H3,(H2,17,19,20,21,22)/t11-,12-/m1/s1. The van der Waals surface area contributed by atoms with Gasteiger partial charge in [-0.25, -0.2) is 4.98 Å². The Morgan fingerprint density at radius 3 is 2.87 bits per heavy atom. The van der Waals surface area contributed by atoms with Crippen LogP contribution in [0.1, 0.15) is 17.7 Å². The van der Waals surface area contributed by atoms with Gasteiger partial charge in [0.05, 0.1) is 12.0 Å². The Hall–Kier alpha value is -1.99. The number of fused-ring (bicyclic) bond motifs is 1. The smallest absolute Gasteiger partial charge is 0.226 e. The summed E-state index contributed by atoms with van der Waals surface area (Å²) in [6, 6.07) is 2.73.